The van der Waals surface area contributed by atoms with Crippen molar-refractivity contribution in [1.82, 2.24) is 8.75 Å². The highest BCUT2D eigenvalue weighted by Gasteiger charge is 2.09. The van der Waals surface area contributed by atoms with Crippen LogP contribution in [0.5, 0.6) is 0 Å². The van der Waals surface area contributed by atoms with Crippen LogP contribution in [0.2, 0.25) is 0 Å². The molecule has 0 aliphatic rings. The Balaban J connectivity index is 1.68. The quantitative estimate of drug-likeness (QED) is 0.775. The van der Waals surface area contributed by atoms with E-state index >= 15 is 0 Å². The fourth-order valence-corrected chi connectivity index (χ4v) is 2.75. The Bertz CT molecular complexity index is 828. The van der Waals surface area contributed by atoms with Crippen molar-refractivity contribution in [2.45, 2.75) is 13.8 Å². The predicted molar refractivity (Wildman–Crippen MR) is 90.5 cm³/mol. The van der Waals surface area contributed by atoms with Crippen LogP contribution >= 0.6 is 11.7 Å². The lowest BCUT2D eigenvalue weighted by Gasteiger charge is -2.11. The molecule has 1 aromatic heterocycles. The molecule has 0 fully saturated rings. The van der Waals surface area contributed by atoms with Gasteiger partial charge in [-0.3, -0.25) is 4.79 Å². The molecule has 0 spiro atoms. The average molecular weight is 312 g/mol. The first-order valence-corrected chi connectivity index (χ1v) is 7.69. The predicted octanol–water partition coefficient (Wildman–Crippen LogP) is 3.36. The Kier molecular flexibility index (Phi) is 4.02. The second-order valence-corrected chi connectivity index (χ2v) is 5.69. The number of carbonyl (C=O) groups is 1. The molecule has 3 aromatic rings. The number of hydrogen-bond donors (Lipinski definition) is 2. The Labute approximate surface area is 132 Å². The van der Waals surface area contributed by atoms with Crippen molar-refractivity contribution in [3.8, 4) is 0 Å². The minimum atomic E-state index is -0.110. The summed E-state index contributed by atoms with van der Waals surface area (Å²) in [7, 11) is 0. The van der Waals surface area contributed by atoms with Crippen LogP contribution < -0.4 is 10.6 Å². The van der Waals surface area contributed by atoms with Gasteiger partial charge < -0.3 is 10.6 Å². The fourth-order valence-electron chi connectivity index (χ4n) is 2.20. The molecule has 1 amide bonds. The molecule has 0 saturated heterocycles. The van der Waals surface area contributed by atoms with Gasteiger partial charge in [-0.2, -0.15) is 8.75 Å². The molecule has 6 heteroatoms. The molecule has 0 bridgehead atoms. The first-order valence-electron chi connectivity index (χ1n) is 6.96. The van der Waals surface area contributed by atoms with Crippen molar-refractivity contribution < 1.29 is 4.79 Å². The molecule has 0 saturated carbocycles. The van der Waals surface area contributed by atoms with Gasteiger partial charge in [0.2, 0.25) is 5.91 Å². The summed E-state index contributed by atoms with van der Waals surface area (Å²) in [5, 5.41) is 6.05. The Morgan fingerprint density at radius 1 is 1.14 bits per heavy atom. The topological polar surface area (TPSA) is 66.9 Å². The summed E-state index contributed by atoms with van der Waals surface area (Å²) >= 11 is 1.14. The molecule has 0 aliphatic carbocycles. The van der Waals surface area contributed by atoms with Crippen LogP contribution in [0.4, 0.5) is 11.4 Å². The van der Waals surface area contributed by atoms with E-state index in [1.807, 2.05) is 44.2 Å². The first-order chi connectivity index (χ1) is 10.6. The molecule has 22 heavy (non-hydrogen) atoms. The van der Waals surface area contributed by atoms with Gasteiger partial charge in [0.05, 0.1) is 24.0 Å². The van der Waals surface area contributed by atoms with Gasteiger partial charge >= 0.3 is 0 Å². The SMILES string of the molecule is Cc1ccc(C)c(NCC(=O)Nc2cccc3nsnc23)c1. The van der Waals surface area contributed by atoms with Crippen LogP contribution in [0.3, 0.4) is 0 Å². The molecular weight excluding hydrogens is 296 g/mol. The standard InChI is InChI=1S/C16H16N4OS/c1-10-6-7-11(2)14(8-10)17-9-15(21)18-12-4-3-5-13-16(12)20-22-19-13/h3-8,17H,9H2,1-2H3,(H,18,21). The number of carbonyl (C=O) groups excluding carboxylic acids is 1. The van der Waals surface area contributed by atoms with Crippen molar-refractivity contribution in [3.63, 3.8) is 0 Å². The van der Waals surface area contributed by atoms with Gasteiger partial charge in [0.1, 0.15) is 11.0 Å². The van der Waals surface area contributed by atoms with Gasteiger partial charge in [-0.25, -0.2) is 0 Å². The Morgan fingerprint density at radius 2 is 2.00 bits per heavy atom. The van der Waals surface area contributed by atoms with E-state index in [2.05, 4.69) is 25.4 Å². The summed E-state index contributed by atoms with van der Waals surface area (Å²) in [6.07, 6.45) is 0. The van der Waals surface area contributed by atoms with Gasteiger partial charge in [0.15, 0.2) is 0 Å². The van der Waals surface area contributed by atoms with Crippen LogP contribution in [-0.2, 0) is 4.79 Å². The summed E-state index contributed by atoms with van der Waals surface area (Å²) in [6, 6.07) is 11.7. The van der Waals surface area contributed by atoms with E-state index in [9.17, 15) is 4.79 Å². The number of hydrogen-bond acceptors (Lipinski definition) is 5. The van der Waals surface area contributed by atoms with E-state index in [4.69, 9.17) is 0 Å². The largest absolute Gasteiger partial charge is 0.376 e. The van der Waals surface area contributed by atoms with Gasteiger partial charge in [-0.15, -0.1) is 0 Å². The molecule has 112 valence electrons. The number of benzene rings is 2. The first kappa shape index (κ1) is 14.5. The number of nitrogens with zero attached hydrogens (tertiary/aromatic N) is 2. The zero-order chi connectivity index (χ0) is 15.5. The van der Waals surface area contributed by atoms with Crippen LogP contribution in [0, 0.1) is 13.8 Å². The molecule has 0 radical (unpaired) electrons. The lowest BCUT2D eigenvalue weighted by Crippen LogP contribution is -2.22. The van der Waals surface area contributed by atoms with Crippen molar-refractivity contribution in [1.29, 1.82) is 0 Å². The lowest BCUT2D eigenvalue weighted by atomic mass is 10.1. The summed E-state index contributed by atoms with van der Waals surface area (Å²) in [6.45, 7) is 4.25. The van der Waals surface area contributed by atoms with Crippen molar-refractivity contribution >= 4 is 40.0 Å². The number of nitrogens with one attached hydrogen (secondary N) is 2. The molecule has 0 atom stereocenters. The van der Waals surface area contributed by atoms with E-state index in [0.717, 1.165) is 39.6 Å². The number of rotatable bonds is 4. The highest BCUT2D eigenvalue weighted by molar-refractivity contribution is 7.00. The van der Waals surface area contributed by atoms with Crippen molar-refractivity contribution in [3.05, 3.63) is 47.5 Å². The minimum Gasteiger partial charge on any atom is -0.376 e. The molecule has 3 rings (SSSR count). The normalized spacial score (nSPS) is 10.6. The number of aromatic nitrogens is 2. The van der Waals surface area contributed by atoms with Crippen LogP contribution in [0.15, 0.2) is 36.4 Å². The molecular formula is C16H16N4OS. The highest BCUT2D eigenvalue weighted by atomic mass is 32.1. The van der Waals surface area contributed by atoms with Gasteiger partial charge in [-0.1, -0.05) is 18.2 Å². The average Bonchev–Trinajstić information content (AvgIpc) is 2.98. The van der Waals surface area contributed by atoms with Crippen molar-refractivity contribution in [2.24, 2.45) is 0 Å². The monoisotopic (exact) mass is 312 g/mol. The molecule has 0 unspecified atom stereocenters. The molecule has 5 nitrogen and oxygen atoms in total. The maximum Gasteiger partial charge on any atom is 0.243 e. The smallest absolute Gasteiger partial charge is 0.243 e. The van der Waals surface area contributed by atoms with Crippen molar-refractivity contribution in [2.75, 3.05) is 17.2 Å². The third kappa shape index (κ3) is 3.07. The number of amides is 1. The number of aryl methyl sites for hydroxylation is 2. The summed E-state index contributed by atoms with van der Waals surface area (Å²) in [5.74, 6) is -0.110. The van der Waals surface area contributed by atoms with E-state index in [-0.39, 0.29) is 12.5 Å². The summed E-state index contributed by atoms with van der Waals surface area (Å²) in [4.78, 5) is 12.1. The summed E-state index contributed by atoms with van der Waals surface area (Å²) < 4.78 is 8.38. The second-order valence-electron chi connectivity index (χ2n) is 5.16. The maximum absolute atomic E-state index is 12.1. The minimum absolute atomic E-state index is 0.110. The van der Waals surface area contributed by atoms with E-state index < -0.39 is 0 Å². The second kappa shape index (κ2) is 6.11. The molecule has 2 N–H and O–H groups in total. The van der Waals surface area contributed by atoms with Crippen LogP contribution in [0.25, 0.3) is 11.0 Å². The zero-order valence-corrected chi connectivity index (χ0v) is 13.2. The molecule has 0 aliphatic heterocycles. The third-order valence-corrected chi connectivity index (χ3v) is 3.94. The third-order valence-electron chi connectivity index (χ3n) is 3.39. The highest BCUT2D eigenvalue weighted by Crippen LogP contribution is 2.21. The zero-order valence-electron chi connectivity index (χ0n) is 12.4. The molecule has 2 aromatic carbocycles. The van der Waals surface area contributed by atoms with E-state index in [1.165, 1.54) is 0 Å². The van der Waals surface area contributed by atoms with E-state index in [0.29, 0.717) is 5.69 Å². The van der Waals surface area contributed by atoms with Crippen LogP contribution in [0.1, 0.15) is 11.1 Å². The van der Waals surface area contributed by atoms with Gasteiger partial charge in [0.25, 0.3) is 0 Å². The summed E-state index contributed by atoms with van der Waals surface area (Å²) in [5.41, 5.74) is 5.47. The number of fused-ring (bicyclic) bond motifs is 1. The van der Waals surface area contributed by atoms with E-state index in [1.54, 1.807) is 0 Å². The van der Waals surface area contributed by atoms with Gasteiger partial charge in [-0.05, 0) is 43.2 Å². The van der Waals surface area contributed by atoms with Crippen LogP contribution in [-0.4, -0.2) is 21.2 Å². The Hall–Kier alpha value is -2.47. The van der Waals surface area contributed by atoms with Gasteiger partial charge in [0, 0.05) is 5.69 Å². The Morgan fingerprint density at radius 3 is 2.86 bits per heavy atom. The lowest BCUT2D eigenvalue weighted by molar-refractivity contribution is -0.114. The fraction of sp³-hybridized carbons (Fsp3) is 0.188. The molecule has 1 heterocycles. The number of anilines is 2. The maximum atomic E-state index is 12.1.